The van der Waals surface area contributed by atoms with Crippen LogP contribution in [-0.2, 0) is 13.0 Å². The molecule has 0 spiro atoms. The molecule has 0 N–H and O–H groups in total. The minimum absolute atomic E-state index is 0.0954. The van der Waals surface area contributed by atoms with E-state index in [1.54, 1.807) is 6.07 Å². The molecule has 1 aromatic heterocycles. The second-order valence-corrected chi connectivity index (χ2v) is 6.20. The zero-order valence-electron chi connectivity index (χ0n) is 11.1. The Bertz CT molecular complexity index is 673. The number of aryl methyl sites for hydroxylation is 1. The number of hydrogen-bond donors (Lipinski definition) is 0. The molecule has 5 heteroatoms. The molecule has 0 aliphatic carbocycles. The van der Waals surface area contributed by atoms with E-state index in [1.165, 1.54) is 0 Å². The summed E-state index contributed by atoms with van der Waals surface area (Å²) in [6.07, 6.45) is 3.18. The monoisotopic (exact) mass is 352 g/mol. The predicted octanol–water partition coefficient (Wildman–Crippen LogP) is 4.17. The van der Waals surface area contributed by atoms with Gasteiger partial charge in [-0.2, -0.15) is 0 Å². The molecule has 0 fully saturated rings. The Morgan fingerprint density at radius 2 is 2.20 bits per heavy atom. The van der Waals surface area contributed by atoms with Gasteiger partial charge in [-0.05, 0) is 53.7 Å². The van der Waals surface area contributed by atoms with Gasteiger partial charge in [0.2, 0.25) is 5.78 Å². The zero-order valence-corrected chi connectivity index (χ0v) is 13.5. The van der Waals surface area contributed by atoms with Crippen molar-refractivity contribution in [2.75, 3.05) is 0 Å². The van der Waals surface area contributed by atoms with Gasteiger partial charge in [0.25, 0.3) is 0 Å². The van der Waals surface area contributed by atoms with Gasteiger partial charge in [0, 0.05) is 12.1 Å². The largest absolute Gasteiger partial charge is 0.324 e. The van der Waals surface area contributed by atoms with Crippen molar-refractivity contribution < 1.29 is 4.79 Å². The van der Waals surface area contributed by atoms with Crippen molar-refractivity contribution in [1.82, 2.24) is 9.55 Å². The first-order valence-corrected chi connectivity index (χ1v) is 7.81. The maximum atomic E-state index is 12.8. The second-order valence-electron chi connectivity index (χ2n) is 5.04. The van der Waals surface area contributed by atoms with Crippen LogP contribution in [0.15, 0.2) is 22.8 Å². The molecule has 1 aliphatic rings. The van der Waals surface area contributed by atoms with Crippen LogP contribution in [0.5, 0.6) is 0 Å². The van der Waals surface area contributed by atoms with Crippen LogP contribution in [0.1, 0.15) is 40.3 Å². The Kier molecular flexibility index (Phi) is 3.69. The van der Waals surface area contributed by atoms with Crippen molar-refractivity contribution in [3.63, 3.8) is 0 Å². The molecule has 3 nitrogen and oxygen atoms in total. The standard InChI is InChI=1S/C15H14BrClN2O/c1-9-5-4-6-10(17)12(9)13(20)15-18-14(16)11-7-2-3-8-19(11)15/h4-6H,2-3,7-8H2,1H3. The fourth-order valence-corrected chi connectivity index (χ4v) is 3.59. The van der Waals surface area contributed by atoms with Crippen LogP contribution in [0, 0.1) is 6.92 Å². The Labute approximate surface area is 131 Å². The van der Waals surface area contributed by atoms with E-state index in [2.05, 4.69) is 20.9 Å². The van der Waals surface area contributed by atoms with Gasteiger partial charge >= 0.3 is 0 Å². The highest BCUT2D eigenvalue weighted by molar-refractivity contribution is 9.10. The first kappa shape index (κ1) is 13.8. The Morgan fingerprint density at radius 3 is 2.95 bits per heavy atom. The number of ketones is 1. The highest BCUT2D eigenvalue weighted by Crippen LogP contribution is 2.28. The van der Waals surface area contributed by atoms with Crippen LogP contribution in [0.25, 0.3) is 0 Å². The van der Waals surface area contributed by atoms with E-state index >= 15 is 0 Å². The number of hydrogen-bond acceptors (Lipinski definition) is 2. The van der Waals surface area contributed by atoms with Gasteiger partial charge in [0.1, 0.15) is 4.60 Å². The summed E-state index contributed by atoms with van der Waals surface area (Å²) in [5.41, 5.74) is 2.55. The van der Waals surface area contributed by atoms with Crippen molar-refractivity contribution in [3.05, 3.63) is 50.5 Å². The third-order valence-electron chi connectivity index (χ3n) is 3.72. The normalized spacial score (nSPS) is 14.2. The van der Waals surface area contributed by atoms with Gasteiger partial charge in [0.15, 0.2) is 5.82 Å². The number of benzene rings is 1. The lowest BCUT2D eigenvalue weighted by molar-refractivity contribution is 0.102. The summed E-state index contributed by atoms with van der Waals surface area (Å²) < 4.78 is 2.81. The molecular formula is C15H14BrClN2O. The van der Waals surface area contributed by atoms with Crippen molar-refractivity contribution in [2.24, 2.45) is 0 Å². The van der Waals surface area contributed by atoms with E-state index in [0.717, 1.165) is 41.7 Å². The minimum atomic E-state index is -0.0954. The van der Waals surface area contributed by atoms with Crippen LogP contribution in [0.2, 0.25) is 5.02 Å². The summed E-state index contributed by atoms with van der Waals surface area (Å²) in [5.74, 6) is 0.393. The number of carbonyl (C=O) groups excluding carboxylic acids is 1. The number of fused-ring (bicyclic) bond motifs is 1. The van der Waals surface area contributed by atoms with Gasteiger partial charge in [-0.25, -0.2) is 4.98 Å². The Morgan fingerprint density at radius 1 is 1.40 bits per heavy atom. The minimum Gasteiger partial charge on any atom is -0.324 e. The average Bonchev–Trinajstić information content (AvgIpc) is 2.76. The lowest BCUT2D eigenvalue weighted by Gasteiger charge is -2.16. The Balaban J connectivity index is 2.12. The molecule has 104 valence electrons. The molecule has 0 saturated carbocycles. The van der Waals surface area contributed by atoms with Crippen molar-refractivity contribution >= 4 is 33.3 Å². The molecule has 1 aromatic carbocycles. The third-order valence-corrected chi connectivity index (χ3v) is 4.67. The molecule has 0 saturated heterocycles. The zero-order chi connectivity index (χ0) is 14.3. The van der Waals surface area contributed by atoms with Gasteiger partial charge in [-0.15, -0.1) is 0 Å². The summed E-state index contributed by atoms with van der Waals surface area (Å²) in [4.78, 5) is 17.2. The smallest absolute Gasteiger partial charge is 0.230 e. The number of rotatable bonds is 2. The first-order chi connectivity index (χ1) is 9.59. The first-order valence-electron chi connectivity index (χ1n) is 6.64. The van der Waals surface area contributed by atoms with E-state index < -0.39 is 0 Å². The lowest BCUT2D eigenvalue weighted by Crippen LogP contribution is -2.17. The number of halogens is 2. The Hall–Kier alpha value is -1.13. The van der Waals surface area contributed by atoms with E-state index in [1.807, 2.05) is 23.6 Å². The fraction of sp³-hybridized carbons (Fsp3) is 0.333. The average molecular weight is 354 g/mol. The quantitative estimate of drug-likeness (QED) is 0.759. The van der Waals surface area contributed by atoms with E-state index in [4.69, 9.17) is 11.6 Å². The van der Waals surface area contributed by atoms with Crippen molar-refractivity contribution in [2.45, 2.75) is 32.7 Å². The highest BCUT2D eigenvalue weighted by atomic mass is 79.9. The van der Waals surface area contributed by atoms with E-state index in [-0.39, 0.29) is 5.78 Å². The van der Waals surface area contributed by atoms with E-state index in [0.29, 0.717) is 16.4 Å². The molecule has 2 heterocycles. The van der Waals surface area contributed by atoms with Crippen LogP contribution in [0.4, 0.5) is 0 Å². The SMILES string of the molecule is Cc1cccc(Cl)c1C(=O)c1nc(Br)c2n1CCCC2. The fourth-order valence-electron chi connectivity index (χ4n) is 2.70. The molecule has 0 radical (unpaired) electrons. The van der Waals surface area contributed by atoms with E-state index in [9.17, 15) is 4.79 Å². The second kappa shape index (κ2) is 5.34. The van der Waals surface area contributed by atoms with Crippen LogP contribution in [0.3, 0.4) is 0 Å². The van der Waals surface area contributed by atoms with Crippen LogP contribution < -0.4 is 0 Å². The molecule has 20 heavy (non-hydrogen) atoms. The number of imidazole rings is 1. The molecule has 0 bridgehead atoms. The van der Waals surface area contributed by atoms with Crippen molar-refractivity contribution in [1.29, 1.82) is 0 Å². The summed E-state index contributed by atoms with van der Waals surface area (Å²) in [6, 6.07) is 5.50. The van der Waals surface area contributed by atoms with Crippen LogP contribution in [-0.4, -0.2) is 15.3 Å². The molecule has 0 unspecified atom stereocenters. The molecule has 0 atom stereocenters. The van der Waals surface area contributed by atoms with Gasteiger partial charge < -0.3 is 4.57 Å². The predicted molar refractivity (Wildman–Crippen MR) is 82.5 cm³/mol. The maximum absolute atomic E-state index is 12.8. The lowest BCUT2D eigenvalue weighted by atomic mass is 10.0. The summed E-state index contributed by atoms with van der Waals surface area (Å²) in [6.45, 7) is 2.74. The van der Waals surface area contributed by atoms with Crippen molar-refractivity contribution in [3.8, 4) is 0 Å². The maximum Gasteiger partial charge on any atom is 0.230 e. The van der Waals surface area contributed by atoms with Gasteiger partial charge in [-0.3, -0.25) is 4.79 Å². The number of nitrogens with zero attached hydrogens (tertiary/aromatic N) is 2. The number of aromatic nitrogens is 2. The summed E-state index contributed by atoms with van der Waals surface area (Å²) in [5, 5.41) is 0.485. The molecular weight excluding hydrogens is 340 g/mol. The third kappa shape index (κ3) is 2.21. The molecule has 3 rings (SSSR count). The summed E-state index contributed by atoms with van der Waals surface area (Å²) >= 11 is 9.66. The molecule has 2 aromatic rings. The van der Waals surface area contributed by atoms with Gasteiger partial charge in [0.05, 0.1) is 10.7 Å². The van der Waals surface area contributed by atoms with Gasteiger partial charge in [-0.1, -0.05) is 23.7 Å². The molecule has 0 amide bonds. The van der Waals surface area contributed by atoms with Crippen LogP contribution >= 0.6 is 27.5 Å². The highest BCUT2D eigenvalue weighted by Gasteiger charge is 2.25. The number of carbonyl (C=O) groups is 1. The summed E-state index contributed by atoms with van der Waals surface area (Å²) in [7, 11) is 0. The molecule has 1 aliphatic heterocycles. The topological polar surface area (TPSA) is 34.9 Å².